The molecule has 0 bridgehead atoms. The molecule has 2 aliphatic rings. The summed E-state index contributed by atoms with van der Waals surface area (Å²) in [6, 6.07) is 12.7. The molecule has 7 nitrogen and oxygen atoms in total. The number of amides is 3. The first kappa shape index (κ1) is 18.4. The van der Waals surface area contributed by atoms with Gasteiger partial charge in [-0.1, -0.05) is 23.7 Å². The maximum absolute atomic E-state index is 12.7. The predicted molar refractivity (Wildman–Crippen MR) is 105 cm³/mol. The average Bonchev–Trinajstić information content (AvgIpc) is 3.30. The molecule has 2 aliphatic heterocycles. The zero-order chi connectivity index (χ0) is 19.5. The van der Waals surface area contributed by atoms with Crippen LogP contribution >= 0.6 is 11.6 Å². The zero-order valence-corrected chi connectivity index (χ0v) is 15.9. The minimum absolute atomic E-state index is 0.0422. The topological polar surface area (TPSA) is 71.1 Å². The number of rotatable bonds is 6. The molecule has 0 aliphatic carbocycles. The van der Waals surface area contributed by atoms with Crippen molar-refractivity contribution in [2.45, 2.75) is 6.42 Å². The van der Waals surface area contributed by atoms with E-state index in [-0.39, 0.29) is 25.3 Å². The number of carbonyl (C=O) groups excluding carboxylic acids is 2. The quantitative estimate of drug-likeness (QED) is 0.807. The number of hydrogen-bond donors (Lipinski definition) is 1. The lowest BCUT2D eigenvalue weighted by Gasteiger charge is -2.18. The number of halogens is 1. The van der Waals surface area contributed by atoms with Crippen LogP contribution in [0.5, 0.6) is 11.5 Å². The summed E-state index contributed by atoms with van der Waals surface area (Å²) >= 11 is 5.86. The van der Waals surface area contributed by atoms with Crippen LogP contribution in [0.4, 0.5) is 10.5 Å². The number of urea groups is 1. The van der Waals surface area contributed by atoms with Gasteiger partial charge in [0, 0.05) is 36.4 Å². The molecule has 28 heavy (non-hydrogen) atoms. The molecular formula is C20H20ClN3O4. The van der Waals surface area contributed by atoms with Gasteiger partial charge in [0.15, 0.2) is 11.5 Å². The highest BCUT2D eigenvalue weighted by molar-refractivity contribution is 6.30. The van der Waals surface area contributed by atoms with E-state index in [0.717, 1.165) is 11.3 Å². The Hall–Kier alpha value is -2.93. The van der Waals surface area contributed by atoms with Gasteiger partial charge in [-0.05, 0) is 36.2 Å². The van der Waals surface area contributed by atoms with Gasteiger partial charge in [0.25, 0.3) is 0 Å². The molecular weight excluding hydrogens is 382 g/mol. The molecule has 0 unspecified atom stereocenters. The summed E-state index contributed by atoms with van der Waals surface area (Å²) in [7, 11) is 0. The zero-order valence-electron chi connectivity index (χ0n) is 15.2. The molecule has 2 heterocycles. The first-order valence-electron chi connectivity index (χ1n) is 9.07. The lowest BCUT2D eigenvalue weighted by Crippen LogP contribution is -2.40. The van der Waals surface area contributed by atoms with E-state index in [0.29, 0.717) is 42.6 Å². The minimum atomic E-state index is -0.188. The van der Waals surface area contributed by atoms with Gasteiger partial charge in [-0.2, -0.15) is 0 Å². The van der Waals surface area contributed by atoms with E-state index in [9.17, 15) is 9.59 Å². The van der Waals surface area contributed by atoms with Crippen molar-refractivity contribution in [3.63, 3.8) is 0 Å². The van der Waals surface area contributed by atoms with Gasteiger partial charge >= 0.3 is 6.03 Å². The van der Waals surface area contributed by atoms with Crippen LogP contribution < -0.4 is 19.7 Å². The molecule has 2 aromatic carbocycles. The van der Waals surface area contributed by atoms with Crippen molar-refractivity contribution >= 4 is 29.2 Å². The van der Waals surface area contributed by atoms with Crippen molar-refractivity contribution in [3.8, 4) is 11.5 Å². The lowest BCUT2D eigenvalue weighted by atomic mass is 10.1. The highest BCUT2D eigenvalue weighted by atomic mass is 35.5. The molecule has 3 amide bonds. The van der Waals surface area contributed by atoms with Crippen LogP contribution in [0.3, 0.4) is 0 Å². The van der Waals surface area contributed by atoms with Crippen LogP contribution in [0, 0.1) is 0 Å². The number of fused-ring (bicyclic) bond motifs is 1. The van der Waals surface area contributed by atoms with Gasteiger partial charge in [0.05, 0.1) is 0 Å². The Morgan fingerprint density at radius 3 is 2.68 bits per heavy atom. The normalized spacial score (nSPS) is 15.2. The number of nitrogens with one attached hydrogen (secondary N) is 1. The van der Waals surface area contributed by atoms with E-state index >= 15 is 0 Å². The Morgan fingerprint density at radius 1 is 1.07 bits per heavy atom. The molecule has 2 aromatic rings. The Kier molecular flexibility index (Phi) is 5.25. The first-order valence-corrected chi connectivity index (χ1v) is 9.45. The van der Waals surface area contributed by atoms with E-state index in [1.807, 2.05) is 30.3 Å². The monoisotopic (exact) mass is 401 g/mol. The number of ether oxygens (including phenoxy) is 2. The maximum Gasteiger partial charge on any atom is 0.325 e. The molecule has 4 rings (SSSR count). The average molecular weight is 402 g/mol. The largest absolute Gasteiger partial charge is 0.454 e. The van der Waals surface area contributed by atoms with Crippen molar-refractivity contribution in [1.82, 2.24) is 10.2 Å². The lowest BCUT2D eigenvalue weighted by molar-refractivity contribution is -0.121. The third kappa shape index (κ3) is 3.99. The summed E-state index contributed by atoms with van der Waals surface area (Å²) in [6.07, 6.45) is 0.709. The molecule has 1 fully saturated rings. The Morgan fingerprint density at radius 2 is 1.86 bits per heavy atom. The second-order valence-corrected chi connectivity index (χ2v) is 7.06. The van der Waals surface area contributed by atoms with Crippen LogP contribution in [-0.2, 0) is 11.2 Å². The maximum atomic E-state index is 12.7. The molecule has 0 atom stereocenters. The van der Waals surface area contributed by atoms with Crippen molar-refractivity contribution in [2.24, 2.45) is 0 Å². The molecule has 1 saturated heterocycles. The van der Waals surface area contributed by atoms with Gasteiger partial charge in [-0.3, -0.25) is 9.69 Å². The Labute approximate surface area is 167 Å². The summed E-state index contributed by atoms with van der Waals surface area (Å²) < 4.78 is 10.7. The molecule has 146 valence electrons. The molecule has 0 spiro atoms. The van der Waals surface area contributed by atoms with Crippen molar-refractivity contribution in [1.29, 1.82) is 0 Å². The molecule has 1 N–H and O–H groups in total. The van der Waals surface area contributed by atoms with Crippen LogP contribution in [0.15, 0.2) is 42.5 Å². The van der Waals surface area contributed by atoms with Gasteiger partial charge in [0.1, 0.15) is 6.54 Å². The van der Waals surface area contributed by atoms with Gasteiger partial charge in [-0.25, -0.2) is 4.79 Å². The molecule has 0 aromatic heterocycles. The highest BCUT2D eigenvalue weighted by Crippen LogP contribution is 2.36. The fourth-order valence-electron chi connectivity index (χ4n) is 3.25. The van der Waals surface area contributed by atoms with Crippen molar-refractivity contribution < 1.29 is 19.1 Å². The Bertz CT molecular complexity index is 888. The van der Waals surface area contributed by atoms with E-state index in [1.54, 1.807) is 21.9 Å². The Balaban J connectivity index is 1.27. The second kappa shape index (κ2) is 7.98. The predicted octanol–water partition coefficient (Wildman–Crippen LogP) is 2.67. The number of hydrogen-bond acceptors (Lipinski definition) is 4. The SMILES string of the molecule is O=C(CN1CCN(c2ccc3c(c2)OCO3)C1=O)NCCc1ccc(Cl)cc1. The number of anilines is 1. The highest BCUT2D eigenvalue weighted by Gasteiger charge is 2.31. The number of carbonyl (C=O) groups is 2. The van der Waals surface area contributed by atoms with Crippen LogP contribution in [-0.4, -0.2) is 49.8 Å². The van der Waals surface area contributed by atoms with Crippen molar-refractivity contribution in [2.75, 3.05) is 37.9 Å². The molecule has 8 heteroatoms. The third-order valence-corrected chi connectivity index (χ3v) is 5.00. The van der Waals surface area contributed by atoms with E-state index in [4.69, 9.17) is 21.1 Å². The molecule has 0 radical (unpaired) electrons. The summed E-state index contributed by atoms with van der Waals surface area (Å²) in [5.74, 6) is 1.13. The molecule has 0 saturated carbocycles. The van der Waals surface area contributed by atoms with Crippen LogP contribution in [0.1, 0.15) is 5.56 Å². The van der Waals surface area contributed by atoms with Gasteiger partial charge in [0.2, 0.25) is 12.7 Å². The summed E-state index contributed by atoms with van der Waals surface area (Å²) in [5.41, 5.74) is 1.83. The fourth-order valence-corrected chi connectivity index (χ4v) is 3.37. The summed E-state index contributed by atoms with van der Waals surface area (Å²) in [6.45, 7) is 1.76. The van der Waals surface area contributed by atoms with Gasteiger partial charge in [-0.15, -0.1) is 0 Å². The first-order chi connectivity index (χ1) is 13.6. The fraction of sp³-hybridized carbons (Fsp3) is 0.300. The van der Waals surface area contributed by atoms with Gasteiger partial charge < -0.3 is 19.7 Å². The van der Waals surface area contributed by atoms with E-state index in [1.165, 1.54) is 0 Å². The van der Waals surface area contributed by atoms with E-state index < -0.39 is 0 Å². The minimum Gasteiger partial charge on any atom is -0.454 e. The summed E-state index contributed by atoms with van der Waals surface area (Å²) in [5, 5.41) is 3.55. The van der Waals surface area contributed by atoms with E-state index in [2.05, 4.69) is 5.32 Å². The van der Waals surface area contributed by atoms with Crippen LogP contribution in [0.2, 0.25) is 5.02 Å². The van der Waals surface area contributed by atoms with Crippen LogP contribution in [0.25, 0.3) is 0 Å². The smallest absolute Gasteiger partial charge is 0.325 e. The summed E-state index contributed by atoms with van der Waals surface area (Å²) in [4.78, 5) is 28.0. The number of benzene rings is 2. The second-order valence-electron chi connectivity index (χ2n) is 6.62. The third-order valence-electron chi connectivity index (χ3n) is 4.75. The standard InChI is InChI=1S/C20H20ClN3O4/c21-15-3-1-14(2-4-15)7-8-22-19(25)12-23-9-10-24(20(23)26)16-5-6-17-18(11-16)28-13-27-17/h1-6,11H,7-10,12-13H2,(H,22,25). The van der Waals surface area contributed by atoms with Crippen molar-refractivity contribution in [3.05, 3.63) is 53.1 Å². The number of nitrogens with zero attached hydrogens (tertiary/aromatic N) is 2.